The number of anilines is 1. The number of aromatic nitrogens is 2. The number of benzene rings is 1. The second-order valence-electron chi connectivity index (χ2n) is 3.61. The molecule has 2 N–H and O–H groups in total. The Hall–Kier alpha value is -2.01. The molecule has 0 amide bonds. The summed E-state index contributed by atoms with van der Waals surface area (Å²) in [6, 6.07) is 6.00. The van der Waals surface area contributed by atoms with Crippen molar-refractivity contribution in [3.8, 4) is 0 Å². The first-order valence-corrected chi connectivity index (χ1v) is 5.53. The van der Waals surface area contributed by atoms with Gasteiger partial charge in [-0.3, -0.25) is 0 Å². The Morgan fingerprint density at radius 2 is 1.94 bits per heavy atom. The second-order valence-corrected chi connectivity index (χ2v) is 3.96. The maximum absolute atomic E-state index is 12.8. The van der Waals surface area contributed by atoms with E-state index in [-0.39, 0.29) is 16.7 Å². The molecule has 6 heteroatoms. The van der Waals surface area contributed by atoms with Crippen molar-refractivity contribution in [1.29, 1.82) is 0 Å². The smallest absolute Gasteiger partial charge is 0.180 e. The van der Waals surface area contributed by atoms with E-state index in [2.05, 4.69) is 15.0 Å². The zero-order valence-electron chi connectivity index (χ0n) is 9.56. The Labute approximate surface area is 108 Å². The Morgan fingerprint density at radius 1 is 1.28 bits per heavy atom. The zero-order chi connectivity index (χ0) is 13.1. The van der Waals surface area contributed by atoms with Gasteiger partial charge in [0, 0.05) is 5.71 Å². The molecule has 0 aliphatic heterocycles. The fourth-order valence-electron chi connectivity index (χ4n) is 1.37. The van der Waals surface area contributed by atoms with Crippen LogP contribution >= 0.6 is 11.6 Å². The minimum Gasteiger partial charge on any atom is -0.393 e. The number of nitrogens with two attached hydrogens (primary N) is 1. The van der Waals surface area contributed by atoms with Crippen LogP contribution in [0, 0.1) is 5.82 Å². The predicted octanol–water partition coefficient (Wildman–Crippen LogP) is 2.99. The van der Waals surface area contributed by atoms with Gasteiger partial charge < -0.3 is 5.73 Å². The van der Waals surface area contributed by atoms with Crippen LogP contribution in [0.5, 0.6) is 0 Å². The number of rotatable bonds is 2. The third-order valence-electron chi connectivity index (χ3n) is 2.35. The van der Waals surface area contributed by atoms with Gasteiger partial charge in [-0.2, -0.15) is 0 Å². The number of hydrogen-bond donors (Lipinski definition) is 1. The Bertz CT molecular complexity index is 596. The highest BCUT2D eigenvalue weighted by molar-refractivity contribution is 6.32. The molecule has 0 unspecified atom stereocenters. The van der Waals surface area contributed by atoms with Gasteiger partial charge in [0.15, 0.2) is 11.0 Å². The first-order valence-electron chi connectivity index (χ1n) is 5.15. The van der Waals surface area contributed by atoms with Crippen LogP contribution in [-0.4, -0.2) is 15.7 Å². The SMILES string of the molecule is C/C(=N\c1ncnc(Cl)c1N)c1ccc(F)cc1. The molecule has 0 aliphatic carbocycles. The molecule has 0 spiro atoms. The largest absolute Gasteiger partial charge is 0.393 e. The second kappa shape index (κ2) is 5.10. The summed E-state index contributed by atoms with van der Waals surface area (Å²) in [7, 11) is 0. The lowest BCUT2D eigenvalue weighted by atomic mass is 10.1. The molecule has 18 heavy (non-hydrogen) atoms. The summed E-state index contributed by atoms with van der Waals surface area (Å²) in [5.74, 6) is 0.00738. The van der Waals surface area contributed by atoms with Gasteiger partial charge in [0.1, 0.15) is 17.8 Å². The van der Waals surface area contributed by atoms with Gasteiger partial charge in [0.25, 0.3) is 0 Å². The van der Waals surface area contributed by atoms with Gasteiger partial charge in [0.2, 0.25) is 0 Å². The molecule has 0 fully saturated rings. The molecule has 92 valence electrons. The fraction of sp³-hybridized carbons (Fsp3) is 0.0833. The molecule has 4 nitrogen and oxygen atoms in total. The van der Waals surface area contributed by atoms with E-state index < -0.39 is 0 Å². The topological polar surface area (TPSA) is 64.2 Å². The van der Waals surface area contributed by atoms with E-state index in [1.807, 2.05) is 0 Å². The van der Waals surface area contributed by atoms with Crippen LogP contribution in [0.1, 0.15) is 12.5 Å². The molecule has 0 saturated heterocycles. The van der Waals surface area contributed by atoms with Crippen molar-refractivity contribution in [3.63, 3.8) is 0 Å². The average molecular weight is 265 g/mol. The first-order chi connectivity index (χ1) is 8.58. The molecular formula is C12H10ClFN4. The van der Waals surface area contributed by atoms with Gasteiger partial charge in [0.05, 0.1) is 0 Å². The van der Waals surface area contributed by atoms with E-state index in [4.69, 9.17) is 17.3 Å². The van der Waals surface area contributed by atoms with Crippen molar-refractivity contribution in [1.82, 2.24) is 9.97 Å². The highest BCUT2D eigenvalue weighted by atomic mass is 35.5. The van der Waals surface area contributed by atoms with Crippen molar-refractivity contribution in [2.45, 2.75) is 6.92 Å². The molecule has 0 radical (unpaired) electrons. The molecule has 0 saturated carbocycles. The molecule has 2 aromatic rings. The van der Waals surface area contributed by atoms with E-state index in [9.17, 15) is 4.39 Å². The van der Waals surface area contributed by atoms with Crippen molar-refractivity contribution in [2.75, 3.05) is 5.73 Å². The van der Waals surface area contributed by atoms with Crippen molar-refractivity contribution >= 4 is 28.8 Å². The Morgan fingerprint density at radius 3 is 2.61 bits per heavy atom. The first kappa shape index (κ1) is 12.4. The monoisotopic (exact) mass is 264 g/mol. The number of nitrogen functional groups attached to an aromatic ring is 1. The lowest BCUT2D eigenvalue weighted by Gasteiger charge is -2.03. The van der Waals surface area contributed by atoms with Crippen LogP contribution in [0.4, 0.5) is 15.9 Å². The van der Waals surface area contributed by atoms with E-state index in [0.717, 1.165) is 5.56 Å². The highest BCUT2D eigenvalue weighted by Gasteiger charge is 2.06. The Kier molecular flexibility index (Phi) is 3.53. The van der Waals surface area contributed by atoms with Crippen LogP contribution in [0.2, 0.25) is 5.15 Å². The van der Waals surface area contributed by atoms with E-state index in [1.54, 1.807) is 19.1 Å². The summed E-state index contributed by atoms with van der Waals surface area (Å²) in [6.45, 7) is 1.78. The summed E-state index contributed by atoms with van der Waals surface area (Å²) >= 11 is 5.77. The van der Waals surface area contributed by atoms with Gasteiger partial charge in [-0.05, 0) is 24.6 Å². The van der Waals surface area contributed by atoms with Crippen molar-refractivity contribution < 1.29 is 4.39 Å². The molecule has 0 bridgehead atoms. The highest BCUT2D eigenvalue weighted by Crippen LogP contribution is 2.25. The summed E-state index contributed by atoms with van der Waals surface area (Å²) in [5, 5.41) is 0.163. The summed E-state index contributed by atoms with van der Waals surface area (Å²) < 4.78 is 12.8. The van der Waals surface area contributed by atoms with Gasteiger partial charge in [-0.15, -0.1) is 0 Å². The molecular weight excluding hydrogens is 255 g/mol. The standard InChI is InChI=1S/C12H10ClFN4/c1-7(8-2-4-9(14)5-3-8)18-12-10(15)11(13)16-6-17-12/h2-6H,15H2,1H3/b18-7+. The minimum absolute atomic E-state index is 0.163. The summed E-state index contributed by atoms with van der Waals surface area (Å²) in [6.07, 6.45) is 1.29. The van der Waals surface area contributed by atoms with E-state index >= 15 is 0 Å². The number of halogens is 2. The molecule has 1 aromatic carbocycles. The van der Waals surface area contributed by atoms with Gasteiger partial charge in [-0.1, -0.05) is 23.7 Å². The third-order valence-corrected chi connectivity index (χ3v) is 2.65. The van der Waals surface area contributed by atoms with Crippen LogP contribution in [0.15, 0.2) is 35.6 Å². The maximum Gasteiger partial charge on any atom is 0.180 e. The molecule has 0 aliphatic rings. The molecule has 2 rings (SSSR count). The summed E-state index contributed by atoms with van der Waals surface area (Å²) in [4.78, 5) is 11.9. The quantitative estimate of drug-likeness (QED) is 0.670. The van der Waals surface area contributed by atoms with Crippen LogP contribution in [-0.2, 0) is 0 Å². The van der Waals surface area contributed by atoms with E-state index in [0.29, 0.717) is 11.5 Å². The number of hydrogen-bond acceptors (Lipinski definition) is 4. The Balaban J connectivity index is 2.38. The third kappa shape index (κ3) is 2.62. The fourth-order valence-corrected chi connectivity index (χ4v) is 1.50. The average Bonchev–Trinajstić information content (AvgIpc) is 2.36. The van der Waals surface area contributed by atoms with Gasteiger partial charge >= 0.3 is 0 Å². The van der Waals surface area contributed by atoms with Crippen molar-refractivity contribution in [2.24, 2.45) is 4.99 Å². The molecule has 0 atom stereocenters. The van der Waals surface area contributed by atoms with Gasteiger partial charge in [-0.25, -0.2) is 19.4 Å². The zero-order valence-corrected chi connectivity index (χ0v) is 10.3. The molecule has 1 heterocycles. The van der Waals surface area contributed by atoms with Crippen LogP contribution < -0.4 is 5.73 Å². The number of nitrogens with zero attached hydrogens (tertiary/aromatic N) is 3. The number of aliphatic imine (C=N–C) groups is 1. The lowest BCUT2D eigenvalue weighted by Crippen LogP contribution is -1.97. The minimum atomic E-state index is -0.295. The van der Waals surface area contributed by atoms with Crippen LogP contribution in [0.25, 0.3) is 0 Å². The normalized spacial score (nSPS) is 11.6. The maximum atomic E-state index is 12.8. The van der Waals surface area contributed by atoms with Crippen LogP contribution in [0.3, 0.4) is 0 Å². The lowest BCUT2D eigenvalue weighted by molar-refractivity contribution is 0.628. The van der Waals surface area contributed by atoms with E-state index in [1.165, 1.54) is 18.5 Å². The summed E-state index contributed by atoms with van der Waals surface area (Å²) in [5.41, 5.74) is 7.38. The molecule has 1 aromatic heterocycles. The predicted molar refractivity (Wildman–Crippen MR) is 69.7 cm³/mol. The van der Waals surface area contributed by atoms with Crippen molar-refractivity contribution in [3.05, 3.63) is 47.1 Å².